The number of carbonyl (C=O) groups excluding carboxylic acids is 3. The molecule has 2 aromatic heterocycles. The Kier molecular flexibility index (Phi) is 12.9. The van der Waals surface area contributed by atoms with Gasteiger partial charge in [-0.05, 0) is 61.1 Å². The molecule has 0 radical (unpaired) electrons. The minimum absolute atomic E-state index is 0.0344. The van der Waals surface area contributed by atoms with Crippen molar-refractivity contribution in [3.8, 4) is 5.75 Å². The molecule has 0 bridgehead atoms. The van der Waals surface area contributed by atoms with Gasteiger partial charge in [-0.1, -0.05) is 31.0 Å². The van der Waals surface area contributed by atoms with E-state index in [4.69, 9.17) is 26.2 Å². The van der Waals surface area contributed by atoms with Gasteiger partial charge in [0.15, 0.2) is 0 Å². The molecule has 3 amide bonds. The number of likely N-dealkylation sites (tertiary alicyclic amines) is 2. The normalized spacial score (nSPS) is 21.7. The number of carbonyl (C=O) groups is 4. The molecule has 2 fully saturated rings. The Bertz CT molecular complexity index is 2010. The van der Waals surface area contributed by atoms with E-state index >= 15 is 4.79 Å². The van der Waals surface area contributed by atoms with Gasteiger partial charge in [-0.3, -0.25) is 19.4 Å². The number of halogens is 7. The first-order valence-corrected chi connectivity index (χ1v) is 20.1. The monoisotopic (exact) mass is 858 g/mol. The van der Waals surface area contributed by atoms with Gasteiger partial charge in [0.05, 0.1) is 17.6 Å². The first-order valence-electron chi connectivity index (χ1n) is 18.9. The molecule has 58 heavy (non-hydrogen) atoms. The van der Waals surface area contributed by atoms with E-state index in [1.807, 2.05) is 0 Å². The Labute approximate surface area is 338 Å². The molecule has 3 aliphatic rings. The van der Waals surface area contributed by atoms with Crippen molar-refractivity contribution in [1.82, 2.24) is 19.7 Å². The third-order valence-electron chi connectivity index (χ3n) is 10.9. The van der Waals surface area contributed by atoms with Crippen LogP contribution in [0.25, 0.3) is 0 Å². The average Bonchev–Trinajstić information content (AvgIpc) is 3.66. The fraction of sp³-hybridized carbons (Fsp3) is 0.513. The number of rotatable bonds is 10. The quantitative estimate of drug-likeness (QED) is 0.159. The van der Waals surface area contributed by atoms with Gasteiger partial charge in [-0.25, -0.2) is 4.79 Å². The Morgan fingerprint density at radius 2 is 1.72 bits per heavy atom. The lowest BCUT2D eigenvalue weighted by atomic mass is 9.78. The van der Waals surface area contributed by atoms with Crippen LogP contribution < -0.4 is 4.74 Å². The lowest BCUT2D eigenvalue weighted by molar-refractivity contribution is -0.163. The number of thiophene rings is 1. The molecule has 6 rings (SSSR count). The lowest BCUT2D eigenvalue weighted by Crippen LogP contribution is -2.68. The number of amides is 3. The van der Waals surface area contributed by atoms with Crippen LogP contribution in [0.2, 0.25) is 5.02 Å². The van der Waals surface area contributed by atoms with Gasteiger partial charge in [0, 0.05) is 74.5 Å². The van der Waals surface area contributed by atoms with E-state index in [9.17, 15) is 40.7 Å². The van der Waals surface area contributed by atoms with Crippen molar-refractivity contribution in [2.24, 2.45) is 0 Å². The summed E-state index contributed by atoms with van der Waals surface area (Å²) in [7, 11) is 0. The average molecular weight is 859 g/mol. The highest BCUT2D eigenvalue weighted by Gasteiger charge is 2.57. The highest BCUT2D eigenvalue weighted by Crippen LogP contribution is 2.45. The summed E-state index contributed by atoms with van der Waals surface area (Å²) in [5.74, 6) is -2.34. The number of pyridine rings is 1. The number of nitrogens with zero attached hydrogens (tertiary/aromatic N) is 4. The SMILES string of the molecule is CCC[C@H]1N(C(=O)c2ncccc2C(F)(F)F)CCC[C@@]1(Oc1csc(C(F)(F)F)c1)C(=O)N1CCc2cc(Cl)ccc2[C@@H]1CCC(=O)N1CCC(OC(=O)O)CC1. The number of alkyl halides is 6. The zero-order chi connectivity index (χ0) is 42.0. The van der Waals surface area contributed by atoms with Crippen LogP contribution in [0.1, 0.15) is 96.4 Å². The Morgan fingerprint density at radius 3 is 2.38 bits per heavy atom. The van der Waals surface area contributed by atoms with Crippen molar-refractivity contribution in [2.75, 3.05) is 26.2 Å². The largest absolute Gasteiger partial charge is 0.506 e. The van der Waals surface area contributed by atoms with Crippen molar-refractivity contribution in [1.29, 1.82) is 0 Å². The number of aromatic nitrogens is 1. The van der Waals surface area contributed by atoms with E-state index in [2.05, 4.69) is 4.98 Å². The standard InChI is InChI=1S/C39H41ClF6N4O7S/c1-2-5-30-37(57-26-21-31(58-22-26)39(44,45)46,14-4-16-50(30)34(52)33-28(38(41,42)43)6-3-15-47-33)35(53)49-19-11-23-20-24(40)7-8-27(23)29(49)9-10-32(51)48-17-12-25(13-18-48)56-36(54)55/h3,6-8,15,20-22,25,29-30H,2,4-5,9-14,16-19H2,1H3,(H,54,55)/t29-,30+,37-/m0/s1. The zero-order valence-corrected chi connectivity index (χ0v) is 32.9. The number of hydrogen-bond acceptors (Lipinski definition) is 8. The van der Waals surface area contributed by atoms with Gasteiger partial charge >= 0.3 is 18.5 Å². The Balaban J connectivity index is 1.39. The number of piperidine rings is 2. The van der Waals surface area contributed by atoms with Gasteiger partial charge in [0.1, 0.15) is 22.4 Å². The predicted molar refractivity (Wildman–Crippen MR) is 198 cm³/mol. The van der Waals surface area contributed by atoms with Crippen molar-refractivity contribution in [3.05, 3.63) is 80.3 Å². The molecular formula is C39H41ClF6N4O7S. The van der Waals surface area contributed by atoms with Crippen LogP contribution in [0.4, 0.5) is 31.1 Å². The van der Waals surface area contributed by atoms with Gasteiger partial charge in [0.2, 0.25) is 11.5 Å². The van der Waals surface area contributed by atoms with Crippen molar-refractivity contribution in [2.45, 2.75) is 101 Å². The number of hydrogen-bond donors (Lipinski definition) is 1. The fourth-order valence-electron chi connectivity index (χ4n) is 8.34. The second-order valence-electron chi connectivity index (χ2n) is 14.5. The van der Waals surface area contributed by atoms with E-state index in [1.54, 1.807) is 30.0 Å². The number of fused-ring (bicyclic) bond motifs is 1. The van der Waals surface area contributed by atoms with E-state index in [0.29, 0.717) is 47.6 Å². The molecule has 11 nitrogen and oxygen atoms in total. The summed E-state index contributed by atoms with van der Waals surface area (Å²) in [6, 6.07) is 5.65. The summed E-state index contributed by atoms with van der Waals surface area (Å²) in [5.41, 5.74) is -2.74. The molecule has 0 unspecified atom stereocenters. The molecule has 1 N–H and O–H groups in total. The van der Waals surface area contributed by atoms with Crippen molar-refractivity contribution < 1.29 is 60.1 Å². The second-order valence-corrected chi connectivity index (χ2v) is 15.9. The van der Waals surface area contributed by atoms with E-state index < -0.39 is 70.2 Å². The maximum Gasteiger partial charge on any atom is 0.506 e. The van der Waals surface area contributed by atoms with Gasteiger partial charge in [-0.15, -0.1) is 11.3 Å². The Hall–Kier alpha value is -4.58. The minimum atomic E-state index is -4.94. The summed E-state index contributed by atoms with van der Waals surface area (Å²) in [6.45, 7) is 2.23. The highest BCUT2D eigenvalue weighted by molar-refractivity contribution is 7.10. The predicted octanol–water partition coefficient (Wildman–Crippen LogP) is 8.65. The zero-order valence-electron chi connectivity index (χ0n) is 31.3. The molecule has 0 aliphatic carbocycles. The topological polar surface area (TPSA) is 130 Å². The molecular weight excluding hydrogens is 818 g/mol. The fourth-order valence-corrected chi connectivity index (χ4v) is 9.21. The van der Waals surface area contributed by atoms with Crippen molar-refractivity contribution in [3.63, 3.8) is 0 Å². The number of benzene rings is 1. The highest BCUT2D eigenvalue weighted by atomic mass is 35.5. The maximum atomic E-state index is 15.5. The minimum Gasteiger partial charge on any atom is -0.474 e. The van der Waals surface area contributed by atoms with Crippen LogP contribution in [0.15, 0.2) is 48.0 Å². The third kappa shape index (κ3) is 9.17. The molecule has 0 saturated carbocycles. The maximum absolute atomic E-state index is 15.5. The van der Waals surface area contributed by atoms with Crippen LogP contribution >= 0.6 is 22.9 Å². The van der Waals surface area contributed by atoms with Gasteiger partial charge < -0.3 is 29.3 Å². The molecule has 5 heterocycles. The molecule has 1 aromatic carbocycles. The number of ether oxygens (including phenoxy) is 2. The van der Waals surface area contributed by atoms with E-state index in [-0.39, 0.29) is 69.9 Å². The van der Waals surface area contributed by atoms with Gasteiger partial charge in [0.25, 0.3) is 11.8 Å². The molecule has 0 spiro atoms. The first kappa shape index (κ1) is 43.0. The summed E-state index contributed by atoms with van der Waals surface area (Å²) in [6.07, 6.45) is -9.30. The van der Waals surface area contributed by atoms with Crippen LogP contribution in [0.3, 0.4) is 0 Å². The van der Waals surface area contributed by atoms with Crippen LogP contribution in [-0.4, -0.2) is 92.6 Å². The third-order valence-corrected chi connectivity index (χ3v) is 12.1. The molecule has 2 saturated heterocycles. The summed E-state index contributed by atoms with van der Waals surface area (Å²) in [5, 5.41) is 10.5. The second kappa shape index (κ2) is 17.3. The smallest absolute Gasteiger partial charge is 0.474 e. The molecule has 19 heteroatoms. The summed E-state index contributed by atoms with van der Waals surface area (Å²) < 4.78 is 95.4. The number of carboxylic acid groups (broad SMARTS) is 1. The lowest BCUT2D eigenvalue weighted by Gasteiger charge is -2.51. The summed E-state index contributed by atoms with van der Waals surface area (Å²) >= 11 is 6.71. The van der Waals surface area contributed by atoms with Crippen LogP contribution in [-0.2, 0) is 33.1 Å². The van der Waals surface area contributed by atoms with E-state index in [1.165, 1.54) is 4.90 Å². The van der Waals surface area contributed by atoms with Crippen LogP contribution in [0.5, 0.6) is 5.75 Å². The molecule has 3 aromatic rings. The Morgan fingerprint density at radius 1 is 0.983 bits per heavy atom. The van der Waals surface area contributed by atoms with E-state index in [0.717, 1.165) is 40.2 Å². The molecule has 3 atom stereocenters. The molecule has 3 aliphatic heterocycles. The van der Waals surface area contributed by atoms with Gasteiger partial charge in [-0.2, -0.15) is 26.3 Å². The van der Waals surface area contributed by atoms with Crippen LogP contribution in [0, 0.1) is 0 Å². The first-order chi connectivity index (χ1) is 27.4. The molecule has 314 valence electrons. The van der Waals surface area contributed by atoms with Crippen molar-refractivity contribution >= 4 is 46.8 Å². The summed E-state index contributed by atoms with van der Waals surface area (Å²) in [4.78, 5) is 61.4.